The molecule has 0 radical (unpaired) electrons. The summed E-state index contributed by atoms with van der Waals surface area (Å²) in [6.45, 7) is 2.95. The summed E-state index contributed by atoms with van der Waals surface area (Å²) in [7, 11) is 1.48. The van der Waals surface area contributed by atoms with Gasteiger partial charge in [-0.05, 0) is 43.4 Å². The van der Waals surface area contributed by atoms with Crippen LogP contribution in [0.2, 0.25) is 0 Å². The molecule has 0 bridgehead atoms. The molecule has 1 unspecified atom stereocenters. The maximum atomic E-state index is 13.7. The second-order valence-electron chi connectivity index (χ2n) is 5.64. The van der Waals surface area contributed by atoms with E-state index in [0.29, 0.717) is 23.8 Å². The zero-order chi connectivity index (χ0) is 14.1. The van der Waals surface area contributed by atoms with Crippen molar-refractivity contribution in [3.63, 3.8) is 0 Å². The second kappa shape index (κ2) is 5.31. The van der Waals surface area contributed by atoms with Gasteiger partial charge >= 0.3 is 0 Å². The first-order valence-electron chi connectivity index (χ1n) is 7.06. The topological polar surface area (TPSA) is 45.6 Å². The summed E-state index contributed by atoms with van der Waals surface area (Å²) in [5, 5.41) is 6.70. The molecular weight excluding hydrogens is 257 g/mol. The van der Waals surface area contributed by atoms with Gasteiger partial charge in [0.1, 0.15) is 0 Å². The molecule has 2 aliphatic rings. The molecular formula is C15H20FN3O. The fraction of sp³-hybridized carbons (Fsp3) is 0.533. The van der Waals surface area contributed by atoms with E-state index < -0.39 is 0 Å². The molecule has 2 N–H and O–H groups in total. The Kier molecular flexibility index (Phi) is 3.51. The van der Waals surface area contributed by atoms with Crippen molar-refractivity contribution < 1.29 is 9.13 Å². The maximum absolute atomic E-state index is 13.7. The monoisotopic (exact) mass is 277 g/mol. The fourth-order valence-electron chi connectivity index (χ4n) is 2.78. The Morgan fingerprint density at radius 1 is 1.40 bits per heavy atom. The summed E-state index contributed by atoms with van der Waals surface area (Å²) < 4.78 is 18.6. The van der Waals surface area contributed by atoms with Gasteiger partial charge in [-0.25, -0.2) is 4.39 Å². The minimum Gasteiger partial charge on any atom is -0.494 e. The van der Waals surface area contributed by atoms with E-state index in [1.807, 2.05) is 6.07 Å². The minimum absolute atomic E-state index is 0.280. The summed E-state index contributed by atoms with van der Waals surface area (Å²) in [5.74, 6) is 1.35. The van der Waals surface area contributed by atoms with Gasteiger partial charge in [-0.2, -0.15) is 0 Å². The Bertz CT molecular complexity index is 526. The van der Waals surface area contributed by atoms with Crippen molar-refractivity contribution in [2.45, 2.75) is 37.8 Å². The number of methoxy groups -OCH3 is 1. The lowest BCUT2D eigenvalue weighted by Crippen LogP contribution is -2.48. The number of nitrogens with zero attached hydrogens (tertiary/aromatic N) is 1. The molecule has 4 nitrogen and oxygen atoms in total. The van der Waals surface area contributed by atoms with Crippen LogP contribution in [-0.4, -0.2) is 31.7 Å². The molecule has 108 valence electrons. The Hall–Kier alpha value is -1.78. The number of rotatable bonds is 3. The standard InChI is InChI=1S/C15H20FN3O/c1-9-8-17-15(18-9)19-12-5-11(6-12)10-3-4-14(20-2)13(16)7-10/h3-4,7,9,11-12H,5-6,8H2,1-2H3,(H2,17,18,19). The van der Waals surface area contributed by atoms with E-state index in [1.165, 1.54) is 7.11 Å². The van der Waals surface area contributed by atoms with Gasteiger partial charge in [0.25, 0.3) is 0 Å². The Morgan fingerprint density at radius 3 is 2.80 bits per heavy atom. The van der Waals surface area contributed by atoms with Crippen LogP contribution in [0.15, 0.2) is 23.2 Å². The summed E-state index contributed by atoms with van der Waals surface area (Å²) in [6.07, 6.45) is 2.03. The number of aliphatic imine (C=N–C) groups is 1. The molecule has 1 aliphatic carbocycles. The van der Waals surface area contributed by atoms with Crippen LogP contribution in [0.4, 0.5) is 4.39 Å². The molecule has 1 fully saturated rings. The zero-order valence-electron chi connectivity index (χ0n) is 11.8. The van der Waals surface area contributed by atoms with Gasteiger partial charge in [0.15, 0.2) is 17.5 Å². The highest BCUT2D eigenvalue weighted by Crippen LogP contribution is 2.38. The van der Waals surface area contributed by atoms with Gasteiger partial charge in [-0.1, -0.05) is 6.07 Å². The third kappa shape index (κ3) is 2.57. The predicted octanol–water partition coefficient (Wildman–Crippen LogP) is 2.02. The van der Waals surface area contributed by atoms with Crippen molar-refractivity contribution in [2.75, 3.05) is 13.7 Å². The van der Waals surface area contributed by atoms with E-state index in [4.69, 9.17) is 4.74 Å². The van der Waals surface area contributed by atoms with E-state index in [1.54, 1.807) is 12.1 Å². The van der Waals surface area contributed by atoms with Crippen LogP contribution in [-0.2, 0) is 0 Å². The van der Waals surface area contributed by atoms with Crippen molar-refractivity contribution in [3.05, 3.63) is 29.6 Å². The molecule has 1 saturated carbocycles. The molecule has 0 aromatic heterocycles. The van der Waals surface area contributed by atoms with Crippen LogP contribution in [0.1, 0.15) is 31.2 Å². The van der Waals surface area contributed by atoms with E-state index >= 15 is 0 Å². The Labute approximate surface area is 118 Å². The molecule has 1 aromatic carbocycles. The lowest BCUT2D eigenvalue weighted by molar-refractivity contribution is 0.320. The average molecular weight is 277 g/mol. The summed E-state index contributed by atoms with van der Waals surface area (Å²) >= 11 is 0. The van der Waals surface area contributed by atoms with Crippen molar-refractivity contribution in [2.24, 2.45) is 4.99 Å². The van der Waals surface area contributed by atoms with Crippen LogP contribution in [0.3, 0.4) is 0 Å². The quantitative estimate of drug-likeness (QED) is 0.888. The molecule has 1 atom stereocenters. The van der Waals surface area contributed by atoms with Crippen LogP contribution < -0.4 is 15.4 Å². The molecule has 0 spiro atoms. The molecule has 1 aliphatic heterocycles. The van der Waals surface area contributed by atoms with Crippen LogP contribution in [0.25, 0.3) is 0 Å². The number of ether oxygens (including phenoxy) is 1. The van der Waals surface area contributed by atoms with Gasteiger partial charge < -0.3 is 15.4 Å². The van der Waals surface area contributed by atoms with Gasteiger partial charge in [0, 0.05) is 12.1 Å². The smallest absolute Gasteiger partial charge is 0.191 e. The highest BCUT2D eigenvalue weighted by Gasteiger charge is 2.32. The largest absolute Gasteiger partial charge is 0.494 e. The molecule has 1 aromatic rings. The molecule has 5 heteroatoms. The van der Waals surface area contributed by atoms with Crippen molar-refractivity contribution >= 4 is 5.96 Å². The van der Waals surface area contributed by atoms with E-state index in [2.05, 4.69) is 22.5 Å². The predicted molar refractivity (Wildman–Crippen MR) is 76.8 cm³/mol. The first kappa shape index (κ1) is 13.2. The first-order valence-corrected chi connectivity index (χ1v) is 7.06. The average Bonchev–Trinajstić information content (AvgIpc) is 2.79. The summed E-state index contributed by atoms with van der Waals surface area (Å²) in [6, 6.07) is 6.10. The van der Waals surface area contributed by atoms with Gasteiger partial charge in [-0.15, -0.1) is 0 Å². The number of hydrogen-bond acceptors (Lipinski definition) is 4. The van der Waals surface area contributed by atoms with E-state index in [-0.39, 0.29) is 5.82 Å². The van der Waals surface area contributed by atoms with Crippen LogP contribution in [0.5, 0.6) is 5.75 Å². The van der Waals surface area contributed by atoms with Gasteiger partial charge in [0.05, 0.1) is 13.7 Å². The number of benzene rings is 1. The highest BCUT2D eigenvalue weighted by molar-refractivity contribution is 5.82. The zero-order valence-corrected chi connectivity index (χ0v) is 11.8. The molecule has 0 amide bonds. The number of nitrogens with one attached hydrogen (secondary N) is 2. The van der Waals surface area contributed by atoms with Crippen molar-refractivity contribution in [1.82, 2.24) is 10.6 Å². The van der Waals surface area contributed by atoms with E-state index in [0.717, 1.165) is 30.9 Å². The second-order valence-corrected chi connectivity index (χ2v) is 5.64. The van der Waals surface area contributed by atoms with Crippen molar-refractivity contribution in [3.8, 4) is 5.75 Å². The molecule has 0 saturated heterocycles. The molecule has 1 heterocycles. The first-order chi connectivity index (χ1) is 9.65. The SMILES string of the molecule is COc1ccc(C2CC(NC3=NCC(C)N3)C2)cc1F. The van der Waals surface area contributed by atoms with Crippen molar-refractivity contribution in [1.29, 1.82) is 0 Å². The Balaban J connectivity index is 1.54. The highest BCUT2D eigenvalue weighted by atomic mass is 19.1. The Morgan fingerprint density at radius 2 is 2.20 bits per heavy atom. The number of guanidine groups is 1. The molecule has 3 rings (SSSR count). The lowest BCUT2D eigenvalue weighted by Gasteiger charge is -2.36. The normalized spacial score (nSPS) is 28.4. The maximum Gasteiger partial charge on any atom is 0.191 e. The third-order valence-corrected chi connectivity index (χ3v) is 4.03. The van der Waals surface area contributed by atoms with Crippen LogP contribution >= 0.6 is 0 Å². The minimum atomic E-state index is -0.280. The third-order valence-electron chi connectivity index (χ3n) is 4.03. The summed E-state index contributed by atoms with van der Waals surface area (Å²) in [5.41, 5.74) is 1.05. The van der Waals surface area contributed by atoms with Gasteiger partial charge in [0.2, 0.25) is 0 Å². The lowest BCUT2D eigenvalue weighted by atomic mass is 9.76. The number of hydrogen-bond donors (Lipinski definition) is 2. The van der Waals surface area contributed by atoms with Crippen LogP contribution in [0, 0.1) is 5.82 Å². The van der Waals surface area contributed by atoms with E-state index in [9.17, 15) is 4.39 Å². The summed E-state index contributed by atoms with van der Waals surface area (Å²) in [4.78, 5) is 4.39. The molecule has 20 heavy (non-hydrogen) atoms. The number of halogens is 1. The van der Waals surface area contributed by atoms with Gasteiger partial charge in [-0.3, -0.25) is 4.99 Å². The fourth-order valence-corrected chi connectivity index (χ4v) is 2.78.